The quantitative estimate of drug-likeness (QED) is 0.828. The highest BCUT2D eigenvalue weighted by Gasteiger charge is 2.13. The van der Waals surface area contributed by atoms with Crippen LogP contribution in [0.4, 0.5) is 0 Å². The molecule has 0 aliphatic heterocycles. The van der Waals surface area contributed by atoms with Crippen LogP contribution in [-0.4, -0.2) is 21.0 Å². The molecular weight excluding hydrogens is 247 g/mol. The van der Waals surface area contributed by atoms with Crippen molar-refractivity contribution in [2.75, 3.05) is 0 Å². The van der Waals surface area contributed by atoms with Crippen LogP contribution in [0.15, 0.2) is 4.60 Å². The second kappa shape index (κ2) is 3.37. The number of aromatic nitrogens is 2. The molecule has 0 radical (unpaired) electrons. The Labute approximate surface area is 81.7 Å². The van der Waals surface area contributed by atoms with Gasteiger partial charge in [0.15, 0.2) is 10.8 Å². The van der Waals surface area contributed by atoms with Gasteiger partial charge in [0.05, 0.1) is 5.69 Å². The van der Waals surface area contributed by atoms with Gasteiger partial charge in [0.2, 0.25) is 0 Å². The maximum absolute atomic E-state index is 10.5. The van der Waals surface area contributed by atoms with E-state index < -0.39 is 5.97 Å². The monoisotopic (exact) mass is 250 g/mol. The van der Waals surface area contributed by atoms with Gasteiger partial charge in [-0.05, 0) is 22.9 Å². The molecule has 1 aromatic heterocycles. The van der Waals surface area contributed by atoms with E-state index in [1.807, 2.05) is 0 Å². The van der Waals surface area contributed by atoms with Crippen LogP contribution in [0.25, 0.3) is 0 Å². The summed E-state index contributed by atoms with van der Waals surface area (Å²) >= 11 is 8.54. The predicted molar refractivity (Wildman–Crippen MR) is 46.4 cm³/mol. The van der Waals surface area contributed by atoms with Gasteiger partial charge in [-0.3, -0.25) is 0 Å². The highest BCUT2D eigenvalue weighted by Crippen LogP contribution is 2.17. The van der Waals surface area contributed by atoms with E-state index in [0.29, 0.717) is 5.69 Å². The molecule has 12 heavy (non-hydrogen) atoms. The average Bonchev–Trinajstić information content (AvgIpc) is 1.96. The lowest BCUT2D eigenvalue weighted by atomic mass is 10.4. The summed E-state index contributed by atoms with van der Waals surface area (Å²) in [6.45, 7) is 1.64. The van der Waals surface area contributed by atoms with Crippen LogP contribution in [0, 0.1) is 6.92 Å². The van der Waals surface area contributed by atoms with Crippen molar-refractivity contribution in [1.29, 1.82) is 0 Å². The third kappa shape index (κ3) is 1.73. The van der Waals surface area contributed by atoms with Gasteiger partial charge < -0.3 is 5.11 Å². The SMILES string of the molecule is Cc1nc(Br)c(C(=O)O)nc1Cl. The Kier molecular flexibility index (Phi) is 2.64. The molecule has 64 valence electrons. The maximum Gasteiger partial charge on any atom is 0.357 e. The fourth-order valence-electron chi connectivity index (χ4n) is 0.608. The lowest BCUT2D eigenvalue weighted by Gasteiger charge is -2.00. The molecule has 0 saturated carbocycles. The molecule has 1 heterocycles. The molecule has 0 aromatic carbocycles. The number of carbonyl (C=O) groups is 1. The van der Waals surface area contributed by atoms with Crippen LogP contribution in [0.2, 0.25) is 5.15 Å². The van der Waals surface area contributed by atoms with Crippen LogP contribution in [-0.2, 0) is 0 Å². The Morgan fingerprint density at radius 2 is 2.17 bits per heavy atom. The molecule has 0 unspecified atom stereocenters. The smallest absolute Gasteiger partial charge is 0.357 e. The number of hydrogen-bond donors (Lipinski definition) is 1. The van der Waals surface area contributed by atoms with Crippen LogP contribution in [0.3, 0.4) is 0 Å². The third-order valence-electron chi connectivity index (χ3n) is 1.17. The normalized spacial score (nSPS) is 9.92. The first kappa shape index (κ1) is 9.41. The molecule has 0 atom stereocenters. The number of nitrogens with zero attached hydrogens (tertiary/aromatic N) is 2. The number of halogens is 2. The molecule has 6 heteroatoms. The van der Waals surface area contributed by atoms with Gasteiger partial charge in [-0.15, -0.1) is 0 Å². The first-order chi connectivity index (χ1) is 5.52. The zero-order valence-corrected chi connectivity index (χ0v) is 8.35. The molecular formula is C6H4BrClN2O2. The molecule has 0 amide bonds. The Bertz CT molecular complexity index is 343. The summed E-state index contributed by atoms with van der Waals surface area (Å²) in [5.74, 6) is -1.16. The van der Waals surface area contributed by atoms with Crippen LogP contribution in [0.1, 0.15) is 16.2 Å². The van der Waals surface area contributed by atoms with Crippen molar-refractivity contribution in [3.63, 3.8) is 0 Å². The predicted octanol–water partition coefficient (Wildman–Crippen LogP) is 1.90. The van der Waals surface area contributed by atoms with Crippen molar-refractivity contribution < 1.29 is 9.90 Å². The molecule has 1 N–H and O–H groups in total. The standard InChI is InChI=1S/C6H4BrClN2O2/c1-2-5(8)10-3(6(11)12)4(7)9-2/h1H3,(H,11,12). The van der Waals surface area contributed by atoms with E-state index in [-0.39, 0.29) is 15.5 Å². The van der Waals surface area contributed by atoms with Crippen molar-refractivity contribution in [3.8, 4) is 0 Å². The minimum Gasteiger partial charge on any atom is -0.476 e. The second-order valence-electron chi connectivity index (χ2n) is 2.04. The first-order valence-electron chi connectivity index (χ1n) is 2.95. The van der Waals surface area contributed by atoms with Crippen LogP contribution in [0.5, 0.6) is 0 Å². The van der Waals surface area contributed by atoms with E-state index >= 15 is 0 Å². The summed E-state index contributed by atoms with van der Waals surface area (Å²) in [5.41, 5.74) is 0.319. The van der Waals surface area contributed by atoms with E-state index in [9.17, 15) is 4.79 Å². The van der Waals surface area contributed by atoms with Gasteiger partial charge >= 0.3 is 5.97 Å². The van der Waals surface area contributed by atoms with Crippen molar-refractivity contribution >= 4 is 33.5 Å². The van der Waals surface area contributed by atoms with E-state index in [2.05, 4.69) is 25.9 Å². The van der Waals surface area contributed by atoms with E-state index in [1.54, 1.807) is 6.92 Å². The summed E-state index contributed by atoms with van der Waals surface area (Å²) in [6, 6.07) is 0. The molecule has 1 rings (SSSR count). The van der Waals surface area contributed by atoms with Crippen LogP contribution < -0.4 is 0 Å². The second-order valence-corrected chi connectivity index (χ2v) is 3.15. The molecule has 0 aliphatic rings. The van der Waals surface area contributed by atoms with Gasteiger partial charge in [-0.25, -0.2) is 14.8 Å². The minimum absolute atomic E-state index is 0.107. The van der Waals surface area contributed by atoms with Gasteiger partial charge in [0.25, 0.3) is 0 Å². The summed E-state index contributed by atoms with van der Waals surface area (Å²) in [7, 11) is 0. The van der Waals surface area contributed by atoms with Crippen molar-refractivity contribution in [3.05, 3.63) is 21.1 Å². The largest absolute Gasteiger partial charge is 0.476 e. The van der Waals surface area contributed by atoms with Crippen LogP contribution >= 0.6 is 27.5 Å². The topological polar surface area (TPSA) is 63.1 Å². The minimum atomic E-state index is -1.16. The number of carboxylic acids is 1. The molecule has 4 nitrogen and oxygen atoms in total. The summed E-state index contributed by atoms with van der Waals surface area (Å²) < 4.78 is 0.192. The van der Waals surface area contributed by atoms with E-state index in [0.717, 1.165) is 0 Å². The Balaban J connectivity index is 3.33. The molecule has 0 saturated heterocycles. The fraction of sp³-hybridized carbons (Fsp3) is 0.167. The van der Waals surface area contributed by atoms with Gasteiger partial charge in [-0.1, -0.05) is 11.6 Å². The van der Waals surface area contributed by atoms with Gasteiger partial charge in [0.1, 0.15) is 4.60 Å². The summed E-state index contributed by atoms with van der Waals surface area (Å²) in [6.07, 6.45) is 0. The Hall–Kier alpha value is -0.680. The number of hydrogen-bond acceptors (Lipinski definition) is 3. The summed E-state index contributed by atoms with van der Waals surface area (Å²) in [5, 5.41) is 8.70. The van der Waals surface area contributed by atoms with Gasteiger partial charge in [0, 0.05) is 0 Å². The van der Waals surface area contributed by atoms with Crippen molar-refractivity contribution in [1.82, 2.24) is 9.97 Å². The summed E-state index contributed by atoms with van der Waals surface area (Å²) in [4.78, 5) is 18.0. The molecule has 1 aromatic rings. The molecule has 0 aliphatic carbocycles. The Morgan fingerprint density at radius 1 is 1.58 bits per heavy atom. The zero-order valence-electron chi connectivity index (χ0n) is 6.01. The highest BCUT2D eigenvalue weighted by molar-refractivity contribution is 9.10. The number of rotatable bonds is 1. The average molecular weight is 251 g/mol. The first-order valence-corrected chi connectivity index (χ1v) is 4.12. The maximum atomic E-state index is 10.5. The molecule has 0 spiro atoms. The molecule has 0 fully saturated rings. The third-order valence-corrected chi connectivity index (χ3v) is 2.08. The van der Waals surface area contributed by atoms with E-state index in [4.69, 9.17) is 16.7 Å². The zero-order chi connectivity index (χ0) is 9.30. The number of aromatic carboxylic acids is 1. The Morgan fingerprint density at radius 3 is 2.67 bits per heavy atom. The number of carboxylic acid groups (broad SMARTS) is 1. The van der Waals surface area contributed by atoms with Crippen molar-refractivity contribution in [2.24, 2.45) is 0 Å². The number of aryl methyl sites for hydroxylation is 1. The van der Waals surface area contributed by atoms with E-state index in [1.165, 1.54) is 0 Å². The highest BCUT2D eigenvalue weighted by atomic mass is 79.9. The fourth-order valence-corrected chi connectivity index (χ4v) is 1.26. The van der Waals surface area contributed by atoms with Crippen molar-refractivity contribution in [2.45, 2.75) is 6.92 Å². The van der Waals surface area contributed by atoms with Gasteiger partial charge in [-0.2, -0.15) is 0 Å². The molecule has 0 bridgehead atoms. The lowest BCUT2D eigenvalue weighted by Crippen LogP contribution is -2.04. The lowest BCUT2D eigenvalue weighted by molar-refractivity contribution is 0.0688.